The van der Waals surface area contributed by atoms with Crippen molar-refractivity contribution < 1.29 is 78.1 Å². The van der Waals surface area contributed by atoms with Crippen molar-refractivity contribution in [2.24, 2.45) is 0 Å². The molecule has 0 aliphatic heterocycles. The summed E-state index contributed by atoms with van der Waals surface area (Å²) >= 11 is 0. The van der Waals surface area contributed by atoms with Gasteiger partial charge in [-0.2, -0.15) is 0 Å². The summed E-state index contributed by atoms with van der Waals surface area (Å²) in [5, 5.41) is 0. The minimum atomic E-state index is -3.92. The van der Waals surface area contributed by atoms with E-state index in [1.54, 1.807) is 0 Å². The van der Waals surface area contributed by atoms with Crippen molar-refractivity contribution in [3.8, 4) is 0 Å². The molecule has 0 bridgehead atoms. The van der Waals surface area contributed by atoms with Crippen LogP contribution in [-0.4, -0.2) is 76.9 Å². The van der Waals surface area contributed by atoms with Crippen molar-refractivity contribution in [3.63, 3.8) is 0 Å². The molecule has 0 aliphatic carbocycles. The summed E-state index contributed by atoms with van der Waals surface area (Å²) in [5.74, 6) is 0. The van der Waals surface area contributed by atoms with Crippen LogP contribution in [-0.2, 0) is 66.7 Å². The van der Waals surface area contributed by atoms with Gasteiger partial charge < -0.3 is 18.2 Å². The molecule has 0 unspecified atom stereocenters. The predicted octanol–water partition coefficient (Wildman–Crippen LogP) is -3.36. The molecule has 0 radical (unpaired) electrons. The summed E-state index contributed by atoms with van der Waals surface area (Å²) in [6.07, 6.45) is 2.42. The van der Waals surface area contributed by atoms with Crippen LogP contribution >= 0.6 is 0 Å². The largest absolute Gasteiger partial charge is 4.00 e. The molecule has 0 fully saturated rings. The monoisotopic (exact) mass is 470 g/mol. The van der Waals surface area contributed by atoms with Crippen LogP contribution in [0, 0.1) is 0 Å². The Labute approximate surface area is 143 Å². The number of hydrogen-bond donors (Lipinski definition) is 0. The Balaban J connectivity index is -0.0000000533. The van der Waals surface area contributed by atoms with Gasteiger partial charge in [0.15, 0.2) is 0 Å². The number of rotatable bonds is 0. The van der Waals surface area contributed by atoms with Crippen molar-refractivity contribution in [1.82, 2.24) is 0 Å². The Morgan fingerprint density at radius 1 is 0.429 bits per heavy atom. The van der Waals surface area contributed by atoms with E-state index >= 15 is 0 Å². The van der Waals surface area contributed by atoms with Crippen LogP contribution in [0.5, 0.6) is 0 Å². The second-order valence-electron chi connectivity index (χ2n) is 2.82. The SMILES string of the molecule is CS(=O)(=O)[O-].CS(=O)(=O)[O-].CS(=O)(=O)[O-].CS(=O)(=O)[O-].[Zr+4]. The standard InChI is InChI=1S/4CH4O3S.Zr/c4*1-5(2,3)4;/h4*1H3,(H,2,3,4);/q;;;;+4/p-4. The molecule has 0 saturated heterocycles. The first-order chi connectivity index (χ1) is 8.00. The van der Waals surface area contributed by atoms with Gasteiger partial charge in [-0.3, -0.25) is 0 Å². The van der Waals surface area contributed by atoms with Gasteiger partial charge in [-0.05, 0) is 0 Å². The van der Waals surface area contributed by atoms with Crippen LogP contribution in [0.1, 0.15) is 0 Å². The van der Waals surface area contributed by atoms with Gasteiger partial charge >= 0.3 is 26.2 Å². The zero-order chi connectivity index (χ0) is 18.0. The maximum absolute atomic E-state index is 9.08. The summed E-state index contributed by atoms with van der Waals surface area (Å²) in [6, 6.07) is 0. The summed E-state index contributed by atoms with van der Waals surface area (Å²) in [5.41, 5.74) is 0. The molecular weight excluding hydrogens is 460 g/mol. The second-order valence-corrected chi connectivity index (χ2v) is 8.45. The minimum Gasteiger partial charge on any atom is -0.748 e. The first kappa shape index (κ1) is 33.2. The van der Waals surface area contributed by atoms with Gasteiger partial charge in [-0.15, -0.1) is 0 Å². The van der Waals surface area contributed by atoms with Gasteiger partial charge in [0.25, 0.3) is 0 Å². The molecule has 12 nitrogen and oxygen atoms in total. The topological polar surface area (TPSA) is 229 Å². The van der Waals surface area contributed by atoms with Crippen molar-refractivity contribution in [3.05, 3.63) is 0 Å². The molecule has 21 heavy (non-hydrogen) atoms. The third kappa shape index (κ3) is 25700. The first-order valence-corrected chi connectivity index (χ1v) is 10.9. The smallest absolute Gasteiger partial charge is 0.748 e. The average Bonchev–Trinajstić information content (AvgIpc) is 1.62. The fourth-order valence-electron chi connectivity index (χ4n) is 0. The Morgan fingerprint density at radius 2 is 0.429 bits per heavy atom. The van der Waals surface area contributed by atoms with E-state index in [4.69, 9.17) is 51.9 Å². The van der Waals surface area contributed by atoms with E-state index in [0.29, 0.717) is 25.0 Å². The van der Waals surface area contributed by atoms with Gasteiger partial charge in [0.1, 0.15) is 0 Å². The van der Waals surface area contributed by atoms with E-state index in [1.165, 1.54) is 0 Å². The van der Waals surface area contributed by atoms with Gasteiger partial charge in [-0.25, -0.2) is 33.7 Å². The number of hydrogen-bond acceptors (Lipinski definition) is 12. The van der Waals surface area contributed by atoms with E-state index in [1.807, 2.05) is 0 Å². The molecular formula is C4H12O12S4Zr. The maximum atomic E-state index is 9.08. The summed E-state index contributed by atoms with van der Waals surface area (Å²) in [7, 11) is -15.7. The zero-order valence-corrected chi connectivity index (χ0v) is 16.8. The third-order valence-corrected chi connectivity index (χ3v) is 0. The van der Waals surface area contributed by atoms with Crippen LogP contribution in [0.2, 0.25) is 0 Å². The fraction of sp³-hybridized carbons (Fsp3) is 1.00. The Kier molecular flexibility index (Phi) is 20.6. The van der Waals surface area contributed by atoms with Crippen LogP contribution in [0.15, 0.2) is 0 Å². The Morgan fingerprint density at radius 3 is 0.429 bits per heavy atom. The Bertz CT molecular complexity index is 486. The van der Waals surface area contributed by atoms with Crippen molar-refractivity contribution in [2.75, 3.05) is 25.0 Å². The zero-order valence-electron chi connectivity index (χ0n) is 11.0. The normalized spacial score (nSPS) is 11.0. The molecule has 0 N–H and O–H groups in total. The molecule has 0 aromatic rings. The van der Waals surface area contributed by atoms with Crippen LogP contribution in [0.3, 0.4) is 0 Å². The van der Waals surface area contributed by atoms with Gasteiger partial charge in [-0.1, -0.05) is 0 Å². The molecule has 17 heteroatoms. The molecule has 0 atom stereocenters. The quantitative estimate of drug-likeness (QED) is 0.315. The van der Waals surface area contributed by atoms with Crippen LogP contribution < -0.4 is 0 Å². The van der Waals surface area contributed by atoms with E-state index in [-0.39, 0.29) is 26.2 Å². The molecule has 0 aromatic carbocycles. The molecule has 0 heterocycles. The summed E-state index contributed by atoms with van der Waals surface area (Å²) < 4.78 is 109. The molecule has 128 valence electrons. The molecule has 0 rings (SSSR count). The minimum absolute atomic E-state index is 0. The molecule has 0 saturated carbocycles. The van der Waals surface area contributed by atoms with E-state index < -0.39 is 40.5 Å². The third-order valence-electron chi connectivity index (χ3n) is 0. The van der Waals surface area contributed by atoms with Crippen LogP contribution in [0.4, 0.5) is 0 Å². The molecule has 0 amide bonds. The van der Waals surface area contributed by atoms with E-state index in [0.717, 1.165) is 0 Å². The predicted molar refractivity (Wildman–Crippen MR) is 62.5 cm³/mol. The summed E-state index contributed by atoms with van der Waals surface area (Å²) in [6.45, 7) is 0. The molecule has 0 aromatic heterocycles. The second kappa shape index (κ2) is 13.0. The Hall–Kier alpha value is 0.523. The fourth-order valence-corrected chi connectivity index (χ4v) is 0. The maximum Gasteiger partial charge on any atom is 4.00 e. The van der Waals surface area contributed by atoms with Crippen molar-refractivity contribution >= 4 is 40.5 Å². The van der Waals surface area contributed by atoms with E-state index in [2.05, 4.69) is 0 Å². The first-order valence-electron chi connectivity index (χ1n) is 3.63. The molecule has 0 aliphatic rings. The van der Waals surface area contributed by atoms with Gasteiger partial charge in [0.2, 0.25) is 0 Å². The summed E-state index contributed by atoms with van der Waals surface area (Å²) in [4.78, 5) is 0. The van der Waals surface area contributed by atoms with Crippen molar-refractivity contribution in [2.45, 2.75) is 0 Å². The van der Waals surface area contributed by atoms with Gasteiger partial charge in [0.05, 0.1) is 40.5 Å². The average molecular weight is 472 g/mol. The molecule has 0 spiro atoms. The van der Waals surface area contributed by atoms with Gasteiger partial charge in [0, 0.05) is 25.0 Å². The van der Waals surface area contributed by atoms with Crippen molar-refractivity contribution in [1.29, 1.82) is 0 Å². The van der Waals surface area contributed by atoms with E-state index in [9.17, 15) is 0 Å². The van der Waals surface area contributed by atoms with Crippen LogP contribution in [0.25, 0.3) is 0 Å².